The Morgan fingerprint density at radius 1 is 1.69 bits per heavy atom. The Bertz CT molecular complexity index is 441. The van der Waals surface area contributed by atoms with Crippen molar-refractivity contribution in [2.75, 3.05) is 5.32 Å². The number of anilines is 1. The topological polar surface area (TPSA) is 54.4 Å². The summed E-state index contributed by atoms with van der Waals surface area (Å²) < 4.78 is 0. The van der Waals surface area contributed by atoms with Crippen LogP contribution in [-0.4, -0.2) is 22.6 Å². The first-order valence-corrected chi connectivity index (χ1v) is 6.08. The van der Waals surface area contributed by atoms with Crippen molar-refractivity contribution >= 4 is 39.5 Å². The van der Waals surface area contributed by atoms with Gasteiger partial charge in [-0.15, -0.1) is 11.3 Å². The number of carbonyl (C=O) groups is 1. The van der Waals surface area contributed by atoms with Crippen molar-refractivity contribution in [1.29, 1.82) is 0 Å². The maximum atomic E-state index is 10.3. The summed E-state index contributed by atoms with van der Waals surface area (Å²) in [7, 11) is 0. The van der Waals surface area contributed by atoms with E-state index in [1.54, 1.807) is 6.08 Å². The lowest BCUT2D eigenvalue weighted by Crippen LogP contribution is -2.19. The normalized spacial score (nSPS) is 19.3. The summed E-state index contributed by atoms with van der Waals surface area (Å²) in [5, 5.41) is 6.28. The largest absolute Gasteiger partial charge is 0.339 e. The van der Waals surface area contributed by atoms with Gasteiger partial charge in [0.15, 0.2) is 5.13 Å². The molecule has 0 amide bonds. The van der Waals surface area contributed by atoms with Gasteiger partial charge in [-0.05, 0) is 6.08 Å². The number of carbonyl (C=O) groups excluding carboxylic acids is 1. The van der Waals surface area contributed by atoms with Crippen molar-refractivity contribution in [3.05, 3.63) is 23.2 Å². The second-order valence-electron chi connectivity index (χ2n) is 3.26. The Labute approximate surface area is 102 Å². The summed E-state index contributed by atoms with van der Waals surface area (Å²) in [6, 6.07) is 0. The molecule has 0 saturated carbocycles. The van der Waals surface area contributed by atoms with Crippen LogP contribution in [0.25, 0.3) is 0 Å². The molecule has 1 aliphatic rings. The molecule has 0 spiro atoms. The number of hydrogen-bond acceptors (Lipinski definition) is 5. The minimum absolute atomic E-state index is 0.0623. The zero-order valence-electron chi connectivity index (χ0n) is 8.39. The molecule has 1 aromatic heterocycles. The van der Waals surface area contributed by atoms with E-state index >= 15 is 0 Å². The van der Waals surface area contributed by atoms with E-state index < -0.39 is 0 Å². The van der Waals surface area contributed by atoms with Gasteiger partial charge < -0.3 is 10.1 Å². The number of allylic oxidation sites excluding steroid dienone is 1. The van der Waals surface area contributed by atoms with E-state index in [0.717, 1.165) is 23.5 Å². The van der Waals surface area contributed by atoms with Gasteiger partial charge in [-0.25, -0.2) is 9.98 Å². The standard InChI is InChI=1S/C10H10ClN3OS/c11-8-2-1-3-9(13-8)14-10-12-7(4-5-15)6-16-10/h1-2,5-6,9H,3-4H2,(H,12,14). The van der Waals surface area contributed by atoms with E-state index in [9.17, 15) is 4.79 Å². The first-order chi connectivity index (χ1) is 7.78. The highest BCUT2D eigenvalue weighted by Gasteiger charge is 2.11. The molecular weight excluding hydrogens is 246 g/mol. The predicted molar refractivity (Wildman–Crippen MR) is 66.3 cm³/mol. The molecule has 1 N–H and O–H groups in total. The Kier molecular flexibility index (Phi) is 3.69. The molecular formula is C10H10ClN3OS. The molecule has 1 atom stereocenters. The van der Waals surface area contributed by atoms with E-state index in [4.69, 9.17) is 11.6 Å². The Balaban J connectivity index is 1.98. The first-order valence-electron chi connectivity index (χ1n) is 4.82. The summed E-state index contributed by atoms with van der Waals surface area (Å²) in [6.45, 7) is 0. The third-order valence-corrected chi connectivity index (χ3v) is 3.07. The zero-order chi connectivity index (χ0) is 11.4. The van der Waals surface area contributed by atoms with Crippen LogP contribution in [0.3, 0.4) is 0 Å². The molecule has 6 heteroatoms. The van der Waals surface area contributed by atoms with Crippen LogP contribution >= 0.6 is 22.9 Å². The van der Waals surface area contributed by atoms with Gasteiger partial charge in [0.2, 0.25) is 0 Å². The van der Waals surface area contributed by atoms with Crippen LogP contribution in [0.4, 0.5) is 5.13 Å². The number of aldehydes is 1. The van der Waals surface area contributed by atoms with Crippen LogP contribution in [-0.2, 0) is 11.2 Å². The minimum atomic E-state index is -0.0623. The maximum Gasteiger partial charge on any atom is 0.184 e. The molecule has 1 unspecified atom stereocenters. The van der Waals surface area contributed by atoms with Crippen molar-refractivity contribution in [1.82, 2.24) is 4.98 Å². The Morgan fingerprint density at radius 2 is 2.56 bits per heavy atom. The number of rotatable bonds is 4. The molecule has 0 bridgehead atoms. The van der Waals surface area contributed by atoms with Gasteiger partial charge in [-0.2, -0.15) is 0 Å². The average molecular weight is 256 g/mol. The monoisotopic (exact) mass is 255 g/mol. The van der Waals surface area contributed by atoms with Gasteiger partial charge in [-0.1, -0.05) is 17.7 Å². The fourth-order valence-corrected chi connectivity index (χ4v) is 2.30. The second-order valence-corrected chi connectivity index (χ2v) is 4.51. The molecule has 0 radical (unpaired) electrons. The SMILES string of the molecule is O=CCc1csc(NC2CC=CC(Cl)=N2)n1. The average Bonchev–Trinajstić information content (AvgIpc) is 2.66. The maximum absolute atomic E-state index is 10.3. The van der Waals surface area contributed by atoms with Gasteiger partial charge in [-0.3, -0.25) is 0 Å². The number of hydrogen-bond donors (Lipinski definition) is 1. The van der Waals surface area contributed by atoms with Crippen LogP contribution in [0.15, 0.2) is 22.5 Å². The first kappa shape index (κ1) is 11.3. The minimum Gasteiger partial charge on any atom is -0.339 e. The number of nitrogens with zero attached hydrogens (tertiary/aromatic N) is 2. The van der Waals surface area contributed by atoms with Crippen LogP contribution in [0, 0.1) is 0 Å². The molecule has 0 fully saturated rings. The Morgan fingerprint density at radius 3 is 3.31 bits per heavy atom. The van der Waals surface area contributed by atoms with Gasteiger partial charge in [0.05, 0.1) is 5.69 Å². The zero-order valence-corrected chi connectivity index (χ0v) is 9.96. The highest BCUT2D eigenvalue weighted by molar-refractivity contribution is 7.13. The molecule has 2 heterocycles. The van der Waals surface area contributed by atoms with Crippen LogP contribution in [0.5, 0.6) is 0 Å². The molecule has 0 saturated heterocycles. The lowest BCUT2D eigenvalue weighted by molar-refractivity contribution is -0.107. The summed E-state index contributed by atoms with van der Waals surface area (Å²) in [5.74, 6) is 0. The van der Waals surface area contributed by atoms with Crippen molar-refractivity contribution in [2.45, 2.75) is 19.0 Å². The fourth-order valence-electron chi connectivity index (χ4n) is 1.32. The summed E-state index contributed by atoms with van der Waals surface area (Å²) >= 11 is 7.26. The number of nitrogens with one attached hydrogen (secondary N) is 1. The van der Waals surface area contributed by atoms with Crippen molar-refractivity contribution in [3.8, 4) is 0 Å². The Hall–Kier alpha value is -1.20. The third-order valence-electron chi connectivity index (χ3n) is 2.03. The van der Waals surface area contributed by atoms with Gasteiger partial charge in [0.25, 0.3) is 0 Å². The lowest BCUT2D eigenvalue weighted by Gasteiger charge is -2.14. The van der Waals surface area contributed by atoms with Crippen molar-refractivity contribution in [2.24, 2.45) is 4.99 Å². The quantitative estimate of drug-likeness (QED) is 0.840. The van der Waals surface area contributed by atoms with E-state index in [2.05, 4.69) is 15.3 Å². The molecule has 1 aromatic rings. The number of halogens is 1. The van der Waals surface area contributed by atoms with Gasteiger partial charge >= 0.3 is 0 Å². The van der Waals surface area contributed by atoms with Gasteiger partial charge in [0, 0.05) is 18.2 Å². The highest BCUT2D eigenvalue weighted by Crippen LogP contribution is 2.19. The summed E-state index contributed by atoms with van der Waals surface area (Å²) in [5.41, 5.74) is 0.781. The molecule has 1 aliphatic heterocycles. The third kappa shape index (κ3) is 2.90. The number of thiazole rings is 1. The van der Waals surface area contributed by atoms with Gasteiger partial charge in [0.1, 0.15) is 17.6 Å². The van der Waals surface area contributed by atoms with E-state index in [0.29, 0.717) is 11.6 Å². The smallest absolute Gasteiger partial charge is 0.184 e. The van der Waals surface area contributed by atoms with Crippen molar-refractivity contribution in [3.63, 3.8) is 0 Å². The summed E-state index contributed by atoms with van der Waals surface area (Å²) in [4.78, 5) is 18.8. The van der Waals surface area contributed by atoms with E-state index in [1.807, 2.05) is 11.5 Å². The fraction of sp³-hybridized carbons (Fsp3) is 0.300. The second kappa shape index (κ2) is 5.23. The predicted octanol–water partition coefficient (Wildman–Crippen LogP) is 2.22. The molecule has 84 valence electrons. The summed E-state index contributed by atoms with van der Waals surface area (Å²) in [6.07, 6.45) is 5.67. The number of aromatic nitrogens is 1. The lowest BCUT2D eigenvalue weighted by atomic mass is 10.3. The number of dihydropyridines is 1. The molecule has 0 aliphatic carbocycles. The van der Waals surface area contributed by atoms with Crippen molar-refractivity contribution < 1.29 is 4.79 Å². The molecule has 0 aromatic carbocycles. The molecule has 4 nitrogen and oxygen atoms in total. The molecule has 16 heavy (non-hydrogen) atoms. The van der Waals surface area contributed by atoms with E-state index in [-0.39, 0.29) is 6.17 Å². The molecule has 2 rings (SSSR count). The number of aliphatic imine (C=N–C) groups is 1. The van der Waals surface area contributed by atoms with E-state index in [1.165, 1.54) is 11.3 Å². The highest BCUT2D eigenvalue weighted by atomic mass is 35.5. The van der Waals surface area contributed by atoms with Crippen LogP contribution < -0.4 is 5.32 Å². The van der Waals surface area contributed by atoms with Crippen LogP contribution in [0.2, 0.25) is 0 Å². The van der Waals surface area contributed by atoms with Crippen LogP contribution in [0.1, 0.15) is 12.1 Å².